The van der Waals surface area contributed by atoms with Crippen molar-refractivity contribution in [3.8, 4) is 0 Å². The number of piperazine rings is 1. The molecule has 1 fully saturated rings. The van der Waals surface area contributed by atoms with Gasteiger partial charge in [0.05, 0.1) is 12.0 Å². The number of ether oxygens (including phenoxy) is 1. The Morgan fingerprint density at radius 3 is 2.62 bits per heavy atom. The third-order valence-electron chi connectivity index (χ3n) is 3.84. The first-order chi connectivity index (χ1) is 11.2. The van der Waals surface area contributed by atoms with E-state index < -0.39 is 29.6 Å². The second-order valence-electron chi connectivity index (χ2n) is 6.85. The predicted octanol–water partition coefficient (Wildman–Crippen LogP) is 2.12. The lowest BCUT2D eigenvalue weighted by molar-refractivity contribution is -0.121. The average molecular weight is 354 g/mol. The summed E-state index contributed by atoms with van der Waals surface area (Å²) in [4.78, 5) is 26.3. The molecule has 3 N–H and O–H groups in total. The van der Waals surface area contributed by atoms with Crippen LogP contribution in [-0.2, 0) is 9.53 Å². The van der Waals surface area contributed by atoms with Crippen molar-refractivity contribution in [2.45, 2.75) is 38.3 Å². The molecule has 0 spiro atoms. The van der Waals surface area contributed by atoms with Crippen LogP contribution in [0.4, 0.5) is 4.79 Å². The minimum absolute atomic E-state index is 0.438. The molecule has 2 rings (SSSR count). The first kappa shape index (κ1) is 18.5. The van der Waals surface area contributed by atoms with Crippen molar-refractivity contribution in [3.05, 3.63) is 34.9 Å². The quantitative estimate of drug-likeness (QED) is 0.871. The highest BCUT2D eigenvalue weighted by molar-refractivity contribution is 6.31. The normalized spacial score (nSPS) is 19.7. The molecule has 24 heavy (non-hydrogen) atoms. The molecule has 1 aliphatic rings. The second-order valence-corrected chi connectivity index (χ2v) is 7.25. The Morgan fingerprint density at radius 1 is 1.38 bits per heavy atom. The van der Waals surface area contributed by atoms with Crippen LogP contribution >= 0.6 is 11.6 Å². The SMILES string of the molecule is CC(C)(C)OC(=O)N1CCNCC1C(C(N)=O)c1ccccc1Cl. The number of halogens is 1. The van der Waals surface area contributed by atoms with Crippen LogP contribution in [0.15, 0.2) is 24.3 Å². The number of nitrogens with two attached hydrogens (primary N) is 1. The predicted molar refractivity (Wildman–Crippen MR) is 93.0 cm³/mol. The summed E-state index contributed by atoms with van der Waals surface area (Å²) >= 11 is 6.25. The molecule has 1 saturated heterocycles. The van der Waals surface area contributed by atoms with Crippen molar-refractivity contribution in [3.63, 3.8) is 0 Å². The third-order valence-corrected chi connectivity index (χ3v) is 4.19. The maximum Gasteiger partial charge on any atom is 0.410 e. The molecule has 6 nitrogen and oxygen atoms in total. The van der Waals surface area contributed by atoms with Crippen molar-refractivity contribution < 1.29 is 14.3 Å². The van der Waals surface area contributed by atoms with Crippen molar-refractivity contribution in [1.82, 2.24) is 10.2 Å². The van der Waals surface area contributed by atoms with E-state index in [9.17, 15) is 9.59 Å². The molecule has 0 radical (unpaired) electrons. The van der Waals surface area contributed by atoms with Gasteiger partial charge in [0.25, 0.3) is 0 Å². The minimum atomic E-state index is -0.709. The topological polar surface area (TPSA) is 84.7 Å². The second kappa shape index (κ2) is 7.40. The Morgan fingerprint density at radius 2 is 2.04 bits per heavy atom. The van der Waals surface area contributed by atoms with Gasteiger partial charge in [0.15, 0.2) is 0 Å². The van der Waals surface area contributed by atoms with Gasteiger partial charge in [0, 0.05) is 24.7 Å². The van der Waals surface area contributed by atoms with E-state index in [1.54, 1.807) is 29.2 Å². The maximum absolute atomic E-state index is 12.6. The standard InChI is InChI=1S/C17H24ClN3O3/c1-17(2,3)24-16(23)21-9-8-20-10-13(21)14(15(19)22)11-6-4-5-7-12(11)18/h4-7,13-14,20H,8-10H2,1-3H3,(H2,19,22). The molecular formula is C17H24ClN3O3. The van der Waals surface area contributed by atoms with Crippen LogP contribution in [0.3, 0.4) is 0 Å². The van der Waals surface area contributed by atoms with Crippen molar-refractivity contribution in [2.24, 2.45) is 5.73 Å². The van der Waals surface area contributed by atoms with Gasteiger partial charge in [-0.2, -0.15) is 0 Å². The molecule has 2 unspecified atom stereocenters. The molecule has 0 aromatic heterocycles. The lowest BCUT2D eigenvalue weighted by Crippen LogP contribution is -2.58. The number of nitrogens with one attached hydrogen (secondary N) is 1. The molecule has 0 bridgehead atoms. The Kier molecular flexibility index (Phi) is 5.72. The van der Waals surface area contributed by atoms with E-state index in [1.165, 1.54) is 0 Å². The van der Waals surface area contributed by atoms with Gasteiger partial charge in [0.1, 0.15) is 5.60 Å². The number of primary amides is 1. The van der Waals surface area contributed by atoms with E-state index in [4.69, 9.17) is 22.1 Å². The molecule has 0 aliphatic carbocycles. The summed E-state index contributed by atoms with van der Waals surface area (Å²) in [6, 6.07) is 6.60. The van der Waals surface area contributed by atoms with Gasteiger partial charge in [-0.3, -0.25) is 4.79 Å². The summed E-state index contributed by atoms with van der Waals surface area (Å²) in [6.07, 6.45) is -0.452. The fourth-order valence-electron chi connectivity index (χ4n) is 2.85. The van der Waals surface area contributed by atoms with Gasteiger partial charge in [-0.15, -0.1) is 0 Å². The monoisotopic (exact) mass is 353 g/mol. The van der Waals surface area contributed by atoms with E-state index in [-0.39, 0.29) is 0 Å². The van der Waals surface area contributed by atoms with Gasteiger partial charge >= 0.3 is 6.09 Å². The summed E-state index contributed by atoms with van der Waals surface area (Å²) in [5.74, 6) is -1.23. The van der Waals surface area contributed by atoms with Crippen LogP contribution in [0.1, 0.15) is 32.3 Å². The molecule has 2 atom stereocenters. The molecule has 1 aromatic rings. The van der Waals surface area contributed by atoms with Gasteiger partial charge in [-0.1, -0.05) is 29.8 Å². The molecule has 1 aliphatic heterocycles. The highest BCUT2D eigenvalue weighted by atomic mass is 35.5. The first-order valence-electron chi connectivity index (χ1n) is 7.95. The fourth-order valence-corrected chi connectivity index (χ4v) is 3.10. The Bertz CT molecular complexity index is 615. The number of nitrogens with zero attached hydrogens (tertiary/aromatic N) is 1. The summed E-state index contributed by atoms with van der Waals surface area (Å²) in [7, 11) is 0. The molecule has 7 heteroatoms. The summed E-state index contributed by atoms with van der Waals surface area (Å²) < 4.78 is 5.48. The molecule has 132 valence electrons. The first-order valence-corrected chi connectivity index (χ1v) is 8.32. The van der Waals surface area contributed by atoms with E-state index in [2.05, 4.69) is 5.32 Å². The smallest absolute Gasteiger partial charge is 0.410 e. The number of benzene rings is 1. The lowest BCUT2D eigenvalue weighted by Gasteiger charge is -2.40. The summed E-state index contributed by atoms with van der Waals surface area (Å²) in [5, 5.41) is 3.66. The van der Waals surface area contributed by atoms with E-state index >= 15 is 0 Å². The Labute approximate surface area is 147 Å². The molecule has 1 heterocycles. The van der Waals surface area contributed by atoms with E-state index in [0.717, 1.165) is 0 Å². The maximum atomic E-state index is 12.6. The van der Waals surface area contributed by atoms with Gasteiger partial charge in [-0.25, -0.2) is 4.79 Å². The zero-order chi connectivity index (χ0) is 17.9. The fraction of sp³-hybridized carbons (Fsp3) is 0.529. The minimum Gasteiger partial charge on any atom is -0.444 e. The zero-order valence-electron chi connectivity index (χ0n) is 14.2. The lowest BCUT2D eigenvalue weighted by atomic mass is 9.88. The number of carbonyl (C=O) groups is 2. The number of hydrogen-bond donors (Lipinski definition) is 2. The van der Waals surface area contributed by atoms with Crippen LogP contribution in [0.5, 0.6) is 0 Å². The average Bonchev–Trinajstić information content (AvgIpc) is 2.48. The van der Waals surface area contributed by atoms with Crippen LogP contribution < -0.4 is 11.1 Å². The largest absolute Gasteiger partial charge is 0.444 e. The molecule has 0 saturated carbocycles. The summed E-state index contributed by atoms with van der Waals surface area (Å²) in [6.45, 7) is 6.93. The number of carbonyl (C=O) groups excluding carboxylic acids is 2. The zero-order valence-corrected chi connectivity index (χ0v) is 15.0. The summed E-state index contributed by atoms with van der Waals surface area (Å²) in [5.41, 5.74) is 5.66. The van der Waals surface area contributed by atoms with E-state index in [1.807, 2.05) is 20.8 Å². The van der Waals surface area contributed by atoms with Gasteiger partial charge in [0.2, 0.25) is 5.91 Å². The molecule has 1 aromatic carbocycles. The Hall–Kier alpha value is -1.79. The molecular weight excluding hydrogens is 330 g/mol. The highest BCUT2D eigenvalue weighted by Gasteiger charge is 2.39. The molecule has 2 amide bonds. The number of rotatable bonds is 3. The third kappa shape index (κ3) is 4.39. The van der Waals surface area contributed by atoms with Crippen LogP contribution in [0, 0.1) is 0 Å². The van der Waals surface area contributed by atoms with Crippen molar-refractivity contribution in [1.29, 1.82) is 0 Å². The Balaban J connectivity index is 2.34. The van der Waals surface area contributed by atoms with Crippen molar-refractivity contribution in [2.75, 3.05) is 19.6 Å². The van der Waals surface area contributed by atoms with E-state index in [0.29, 0.717) is 30.2 Å². The van der Waals surface area contributed by atoms with Gasteiger partial charge in [-0.05, 0) is 32.4 Å². The van der Waals surface area contributed by atoms with Crippen LogP contribution in [-0.4, -0.2) is 48.2 Å². The number of amides is 2. The van der Waals surface area contributed by atoms with Crippen molar-refractivity contribution >= 4 is 23.6 Å². The van der Waals surface area contributed by atoms with Crippen LogP contribution in [0.2, 0.25) is 5.02 Å². The number of hydrogen-bond acceptors (Lipinski definition) is 4. The van der Waals surface area contributed by atoms with Gasteiger partial charge < -0.3 is 20.7 Å². The van der Waals surface area contributed by atoms with Crippen LogP contribution in [0.25, 0.3) is 0 Å². The highest BCUT2D eigenvalue weighted by Crippen LogP contribution is 2.30.